The Labute approximate surface area is 160 Å². The average molecular weight is 381 g/mol. The van der Waals surface area contributed by atoms with Crippen molar-refractivity contribution in [2.75, 3.05) is 5.32 Å². The van der Waals surface area contributed by atoms with Crippen molar-refractivity contribution < 1.29 is 24.6 Å². The van der Waals surface area contributed by atoms with E-state index >= 15 is 0 Å². The standard InChI is InChI=1S/C20H19N3O5/c1-10(24)16-15-9-13(17(20(27)28)23(15)19(16)26)11-4-2-5-12(8-11)22-18(25)14-6-3-7-21-14/h2-8,10,15-16,21,24H,9H2,1H3,(H,22,25)(H,27,28)/t10-,15-,16-/m1/s1. The molecule has 0 radical (unpaired) electrons. The number of anilines is 1. The van der Waals surface area contributed by atoms with Gasteiger partial charge in [0.25, 0.3) is 5.91 Å². The number of nitrogens with zero attached hydrogens (tertiary/aromatic N) is 1. The molecule has 4 N–H and O–H groups in total. The van der Waals surface area contributed by atoms with Crippen molar-refractivity contribution in [2.45, 2.75) is 25.5 Å². The molecule has 2 aromatic rings. The number of aliphatic hydroxyl groups excluding tert-OH is 1. The van der Waals surface area contributed by atoms with E-state index in [4.69, 9.17) is 0 Å². The third-order valence-corrected chi connectivity index (χ3v) is 5.24. The van der Waals surface area contributed by atoms with Crippen molar-refractivity contribution in [1.82, 2.24) is 9.88 Å². The van der Waals surface area contributed by atoms with Crippen LogP contribution in [0.25, 0.3) is 5.57 Å². The summed E-state index contributed by atoms with van der Waals surface area (Å²) in [5.41, 5.74) is 2.01. The van der Waals surface area contributed by atoms with E-state index in [1.807, 2.05) is 0 Å². The number of carbonyl (C=O) groups is 3. The number of H-pyrrole nitrogens is 1. The molecule has 3 atom stereocenters. The molecule has 144 valence electrons. The van der Waals surface area contributed by atoms with E-state index in [-0.39, 0.29) is 23.6 Å². The SMILES string of the molecule is C[C@@H](O)[C@H]1C(=O)N2C(C(=O)O)=C(c3cccc(NC(=O)c4ccc[nH]4)c3)C[C@H]12. The lowest BCUT2D eigenvalue weighted by Gasteiger charge is -2.44. The summed E-state index contributed by atoms with van der Waals surface area (Å²) in [6.45, 7) is 1.54. The molecule has 8 nitrogen and oxygen atoms in total. The van der Waals surface area contributed by atoms with Gasteiger partial charge in [0.05, 0.1) is 18.1 Å². The molecule has 3 heterocycles. The highest BCUT2D eigenvalue weighted by Crippen LogP contribution is 2.47. The quantitative estimate of drug-likeness (QED) is 0.587. The van der Waals surface area contributed by atoms with Crippen LogP contribution in [0.4, 0.5) is 5.69 Å². The smallest absolute Gasteiger partial charge is 0.352 e. The van der Waals surface area contributed by atoms with Gasteiger partial charge in [-0.05, 0) is 48.7 Å². The number of aromatic nitrogens is 1. The Morgan fingerprint density at radius 2 is 2.07 bits per heavy atom. The second-order valence-electron chi connectivity index (χ2n) is 7.00. The second-order valence-corrected chi connectivity index (χ2v) is 7.00. The van der Waals surface area contributed by atoms with E-state index < -0.39 is 18.0 Å². The normalized spacial score (nSPS) is 21.9. The zero-order valence-corrected chi connectivity index (χ0v) is 15.0. The molecule has 2 aliphatic heterocycles. The maximum Gasteiger partial charge on any atom is 0.352 e. The fourth-order valence-corrected chi connectivity index (χ4v) is 3.98. The molecule has 2 aliphatic rings. The molecule has 0 spiro atoms. The maximum absolute atomic E-state index is 12.3. The summed E-state index contributed by atoms with van der Waals surface area (Å²) in [6, 6.07) is 9.87. The number of carboxylic acid groups (broad SMARTS) is 1. The Morgan fingerprint density at radius 1 is 1.29 bits per heavy atom. The lowest BCUT2D eigenvalue weighted by Crippen LogP contribution is -2.61. The second kappa shape index (κ2) is 6.65. The van der Waals surface area contributed by atoms with Gasteiger partial charge in [0.1, 0.15) is 11.4 Å². The molecule has 2 amide bonds. The van der Waals surface area contributed by atoms with Gasteiger partial charge < -0.3 is 25.4 Å². The van der Waals surface area contributed by atoms with E-state index in [0.717, 1.165) is 0 Å². The van der Waals surface area contributed by atoms with Crippen LogP contribution in [0.3, 0.4) is 0 Å². The summed E-state index contributed by atoms with van der Waals surface area (Å²) in [7, 11) is 0. The molecule has 0 unspecified atom stereocenters. The number of aliphatic carboxylic acids is 1. The lowest BCUT2D eigenvalue weighted by atomic mass is 9.82. The number of amides is 2. The summed E-state index contributed by atoms with van der Waals surface area (Å²) in [6.07, 6.45) is 1.15. The molecule has 1 aromatic carbocycles. The summed E-state index contributed by atoms with van der Waals surface area (Å²) >= 11 is 0. The minimum Gasteiger partial charge on any atom is -0.477 e. The van der Waals surface area contributed by atoms with Crippen molar-refractivity contribution in [3.05, 3.63) is 59.5 Å². The van der Waals surface area contributed by atoms with Gasteiger partial charge in [-0.25, -0.2) is 4.79 Å². The number of carbonyl (C=O) groups excluding carboxylic acids is 2. The number of carboxylic acids is 1. The van der Waals surface area contributed by atoms with Gasteiger partial charge in [0.2, 0.25) is 5.91 Å². The van der Waals surface area contributed by atoms with Gasteiger partial charge in [-0.15, -0.1) is 0 Å². The van der Waals surface area contributed by atoms with Crippen LogP contribution in [-0.4, -0.2) is 50.0 Å². The fraction of sp³-hybridized carbons (Fsp3) is 0.250. The van der Waals surface area contributed by atoms with Gasteiger partial charge >= 0.3 is 5.97 Å². The van der Waals surface area contributed by atoms with Crippen LogP contribution in [0, 0.1) is 5.92 Å². The summed E-state index contributed by atoms with van der Waals surface area (Å²) in [5, 5.41) is 22.3. The number of aliphatic hydroxyl groups is 1. The molecule has 8 heteroatoms. The minimum atomic E-state index is -1.18. The van der Waals surface area contributed by atoms with Crippen LogP contribution < -0.4 is 5.32 Å². The van der Waals surface area contributed by atoms with Crippen LogP contribution in [0.5, 0.6) is 0 Å². The number of hydrogen-bond donors (Lipinski definition) is 4. The first-order valence-electron chi connectivity index (χ1n) is 8.91. The van der Waals surface area contributed by atoms with Crippen molar-refractivity contribution in [1.29, 1.82) is 0 Å². The Hall–Kier alpha value is -3.39. The van der Waals surface area contributed by atoms with Crippen molar-refractivity contribution in [3.63, 3.8) is 0 Å². The van der Waals surface area contributed by atoms with E-state index in [2.05, 4.69) is 10.3 Å². The first-order valence-corrected chi connectivity index (χ1v) is 8.91. The first kappa shape index (κ1) is 18.0. The van der Waals surface area contributed by atoms with E-state index in [9.17, 15) is 24.6 Å². The largest absolute Gasteiger partial charge is 0.477 e. The van der Waals surface area contributed by atoms with Gasteiger partial charge in [0.15, 0.2) is 0 Å². The molecule has 0 aliphatic carbocycles. The minimum absolute atomic E-state index is 0.0558. The van der Waals surface area contributed by atoms with Gasteiger partial charge in [-0.3, -0.25) is 9.59 Å². The molecule has 4 rings (SSSR count). The fourth-order valence-electron chi connectivity index (χ4n) is 3.98. The molecule has 28 heavy (non-hydrogen) atoms. The number of nitrogens with one attached hydrogen (secondary N) is 2. The van der Waals surface area contributed by atoms with Crippen LogP contribution in [-0.2, 0) is 9.59 Å². The Morgan fingerprint density at radius 3 is 2.71 bits per heavy atom. The maximum atomic E-state index is 12.3. The number of β-lactam (4-membered cyclic amide) rings is 1. The average Bonchev–Trinajstić information content (AvgIpc) is 3.27. The van der Waals surface area contributed by atoms with Crippen molar-refractivity contribution in [3.8, 4) is 0 Å². The van der Waals surface area contributed by atoms with E-state index in [0.29, 0.717) is 28.9 Å². The number of rotatable bonds is 5. The topological polar surface area (TPSA) is 123 Å². The van der Waals surface area contributed by atoms with Gasteiger partial charge in [-0.1, -0.05) is 12.1 Å². The van der Waals surface area contributed by atoms with Crippen molar-refractivity contribution in [2.24, 2.45) is 5.92 Å². The predicted molar refractivity (Wildman–Crippen MR) is 100 cm³/mol. The Kier molecular flexibility index (Phi) is 4.27. The van der Waals surface area contributed by atoms with Crippen LogP contribution >= 0.6 is 0 Å². The summed E-state index contributed by atoms with van der Waals surface area (Å²) in [5.74, 6) is -2.46. The van der Waals surface area contributed by atoms with Gasteiger partial charge in [-0.2, -0.15) is 0 Å². The van der Waals surface area contributed by atoms with E-state index in [1.54, 1.807) is 42.6 Å². The van der Waals surface area contributed by atoms with Crippen LogP contribution in [0.1, 0.15) is 29.4 Å². The zero-order valence-electron chi connectivity index (χ0n) is 15.0. The Balaban J connectivity index is 1.64. The molecular formula is C20H19N3O5. The molecule has 1 saturated heterocycles. The molecule has 1 fully saturated rings. The number of hydrogen-bond acceptors (Lipinski definition) is 4. The summed E-state index contributed by atoms with van der Waals surface area (Å²) in [4.78, 5) is 40.5. The molecular weight excluding hydrogens is 362 g/mol. The highest BCUT2D eigenvalue weighted by atomic mass is 16.4. The van der Waals surface area contributed by atoms with E-state index in [1.165, 1.54) is 11.8 Å². The summed E-state index contributed by atoms with van der Waals surface area (Å²) < 4.78 is 0. The monoisotopic (exact) mass is 381 g/mol. The van der Waals surface area contributed by atoms with Gasteiger partial charge in [0, 0.05) is 11.9 Å². The van der Waals surface area contributed by atoms with Crippen molar-refractivity contribution >= 4 is 29.0 Å². The lowest BCUT2D eigenvalue weighted by molar-refractivity contribution is -0.161. The highest BCUT2D eigenvalue weighted by Gasteiger charge is 2.56. The molecule has 1 aromatic heterocycles. The number of benzene rings is 1. The van der Waals surface area contributed by atoms with Crippen LogP contribution in [0.2, 0.25) is 0 Å². The number of fused-ring (bicyclic) bond motifs is 1. The number of aromatic amines is 1. The predicted octanol–water partition coefficient (Wildman–Crippen LogP) is 1.67. The molecule has 0 bridgehead atoms. The third kappa shape index (κ3) is 2.78. The Bertz CT molecular complexity index is 993. The first-order chi connectivity index (χ1) is 13.4. The third-order valence-electron chi connectivity index (χ3n) is 5.24. The highest BCUT2D eigenvalue weighted by molar-refractivity contribution is 6.07. The van der Waals surface area contributed by atoms with Crippen LogP contribution in [0.15, 0.2) is 48.3 Å². The zero-order chi connectivity index (χ0) is 20.0. The molecule has 0 saturated carbocycles.